The molecule has 1 aromatic heterocycles. The van der Waals surface area contributed by atoms with Crippen LogP contribution in [-0.2, 0) is 11.2 Å². The maximum atomic E-state index is 12.1. The number of benzene rings is 1. The molecule has 0 fully saturated rings. The van der Waals surface area contributed by atoms with Crippen molar-refractivity contribution in [2.75, 3.05) is 5.32 Å². The van der Waals surface area contributed by atoms with Crippen LogP contribution in [0.4, 0.5) is 5.82 Å². The first kappa shape index (κ1) is 14.2. The van der Waals surface area contributed by atoms with E-state index < -0.39 is 6.04 Å². The first-order chi connectivity index (χ1) is 9.54. The first-order valence-electron chi connectivity index (χ1n) is 6.60. The fourth-order valence-corrected chi connectivity index (χ4v) is 2.09. The summed E-state index contributed by atoms with van der Waals surface area (Å²) in [5.74, 6) is 0.336. The van der Waals surface area contributed by atoms with Gasteiger partial charge in [0.15, 0.2) is 0 Å². The standard InChI is InChI=1S/C16H19N3O/c1-11-8-12(2)18-15(9-11)19-16(20)14(17)10-13-6-4-3-5-7-13/h3-9,14H,10,17H2,1-2H3,(H,18,19,20)/t14-/m0/s1. The number of nitrogens with one attached hydrogen (secondary N) is 1. The largest absolute Gasteiger partial charge is 0.320 e. The molecule has 1 aromatic carbocycles. The minimum Gasteiger partial charge on any atom is -0.320 e. The van der Waals surface area contributed by atoms with Crippen LogP contribution in [0.1, 0.15) is 16.8 Å². The molecule has 0 spiro atoms. The van der Waals surface area contributed by atoms with Crippen molar-refractivity contribution in [3.63, 3.8) is 0 Å². The minimum atomic E-state index is -0.583. The molecule has 20 heavy (non-hydrogen) atoms. The van der Waals surface area contributed by atoms with E-state index in [1.54, 1.807) is 0 Å². The van der Waals surface area contributed by atoms with Gasteiger partial charge in [-0.05, 0) is 43.5 Å². The Balaban J connectivity index is 2.00. The molecule has 3 N–H and O–H groups in total. The third-order valence-corrected chi connectivity index (χ3v) is 2.98. The lowest BCUT2D eigenvalue weighted by molar-refractivity contribution is -0.117. The van der Waals surface area contributed by atoms with E-state index in [0.29, 0.717) is 12.2 Å². The van der Waals surface area contributed by atoms with Crippen molar-refractivity contribution in [2.24, 2.45) is 5.73 Å². The number of nitrogens with two attached hydrogens (primary N) is 1. The van der Waals surface area contributed by atoms with E-state index in [1.165, 1.54) is 0 Å². The van der Waals surface area contributed by atoms with Crippen LogP contribution in [0.25, 0.3) is 0 Å². The quantitative estimate of drug-likeness (QED) is 0.894. The van der Waals surface area contributed by atoms with Gasteiger partial charge < -0.3 is 11.1 Å². The number of carbonyl (C=O) groups excluding carboxylic acids is 1. The molecule has 1 atom stereocenters. The number of carbonyl (C=O) groups is 1. The summed E-state index contributed by atoms with van der Waals surface area (Å²) < 4.78 is 0. The molecule has 0 aliphatic rings. The fraction of sp³-hybridized carbons (Fsp3) is 0.250. The van der Waals surface area contributed by atoms with Gasteiger partial charge >= 0.3 is 0 Å². The van der Waals surface area contributed by atoms with E-state index in [-0.39, 0.29) is 5.91 Å². The summed E-state index contributed by atoms with van der Waals surface area (Å²) in [5, 5.41) is 2.77. The molecule has 0 saturated carbocycles. The Morgan fingerprint density at radius 3 is 2.60 bits per heavy atom. The molecule has 2 rings (SSSR count). The van der Waals surface area contributed by atoms with Crippen LogP contribution in [0.5, 0.6) is 0 Å². The zero-order chi connectivity index (χ0) is 14.5. The molecule has 1 amide bonds. The Kier molecular flexibility index (Phi) is 4.48. The lowest BCUT2D eigenvalue weighted by atomic mass is 10.1. The molecule has 2 aromatic rings. The maximum absolute atomic E-state index is 12.1. The number of pyridine rings is 1. The lowest BCUT2D eigenvalue weighted by Crippen LogP contribution is -2.37. The monoisotopic (exact) mass is 269 g/mol. The zero-order valence-electron chi connectivity index (χ0n) is 11.8. The summed E-state index contributed by atoms with van der Waals surface area (Å²) in [6.45, 7) is 3.86. The number of hydrogen-bond acceptors (Lipinski definition) is 3. The highest BCUT2D eigenvalue weighted by Crippen LogP contribution is 2.10. The second-order valence-corrected chi connectivity index (χ2v) is 4.96. The molecule has 104 valence electrons. The highest BCUT2D eigenvalue weighted by molar-refractivity contribution is 5.94. The number of aryl methyl sites for hydroxylation is 2. The summed E-state index contributed by atoms with van der Waals surface area (Å²) in [5.41, 5.74) is 8.91. The van der Waals surface area contributed by atoms with Crippen molar-refractivity contribution >= 4 is 11.7 Å². The Morgan fingerprint density at radius 1 is 1.25 bits per heavy atom. The third kappa shape index (κ3) is 3.90. The van der Waals surface area contributed by atoms with E-state index in [4.69, 9.17) is 5.73 Å². The predicted octanol–water partition coefficient (Wildman–Crippen LogP) is 2.21. The maximum Gasteiger partial charge on any atom is 0.242 e. The molecule has 0 unspecified atom stereocenters. The summed E-state index contributed by atoms with van der Waals surface area (Å²) in [6.07, 6.45) is 0.511. The molecular weight excluding hydrogens is 250 g/mol. The van der Waals surface area contributed by atoms with Crippen LogP contribution < -0.4 is 11.1 Å². The molecule has 0 aliphatic heterocycles. The number of hydrogen-bond donors (Lipinski definition) is 2. The van der Waals surface area contributed by atoms with Gasteiger partial charge in [-0.1, -0.05) is 30.3 Å². The molecule has 0 bridgehead atoms. The summed E-state index contributed by atoms with van der Waals surface area (Å²) in [7, 11) is 0. The molecule has 1 heterocycles. The van der Waals surface area contributed by atoms with E-state index in [0.717, 1.165) is 16.8 Å². The molecule has 0 saturated heterocycles. The van der Waals surface area contributed by atoms with Crippen LogP contribution in [-0.4, -0.2) is 16.9 Å². The van der Waals surface area contributed by atoms with Crippen molar-refractivity contribution in [1.29, 1.82) is 0 Å². The molecule has 4 nitrogen and oxygen atoms in total. The first-order valence-corrected chi connectivity index (χ1v) is 6.60. The zero-order valence-corrected chi connectivity index (χ0v) is 11.8. The second-order valence-electron chi connectivity index (χ2n) is 4.96. The van der Waals surface area contributed by atoms with E-state index in [9.17, 15) is 4.79 Å². The van der Waals surface area contributed by atoms with Crippen molar-refractivity contribution in [2.45, 2.75) is 26.3 Å². The van der Waals surface area contributed by atoms with Crippen LogP contribution >= 0.6 is 0 Å². The van der Waals surface area contributed by atoms with Gasteiger partial charge in [-0.2, -0.15) is 0 Å². The van der Waals surface area contributed by atoms with Crippen molar-refractivity contribution in [3.05, 3.63) is 59.3 Å². The van der Waals surface area contributed by atoms with Gasteiger partial charge in [-0.25, -0.2) is 4.98 Å². The Bertz CT molecular complexity index is 576. The Labute approximate surface area is 119 Å². The van der Waals surface area contributed by atoms with Gasteiger partial charge in [0.2, 0.25) is 5.91 Å². The number of amides is 1. The van der Waals surface area contributed by atoms with Gasteiger partial charge in [0.25, 0.3) is 0 Å². The molecule has 4 heteroatoms. The van der Waals surface area contributed by atoms with Crippen molar-refractivity contribution in [1.82, 2.24) is 4.98 Å². The van der Waals surface area contributed by atoms with Gasteiger partial charge in [0.1, 0.15) is 5.82 Å². The average Bonchev–Trinajstić information content (AvgIpc) is 2.38. The van der Waals surface area contributed by atoms with Crippen LogP contribution in [0.3, 0.4) is 0 Å². The second kappa shape index (κ2) is 6.30. The Morgan fingerprint density at radius 2 is 1.95 bits per heavy atom. The minimum absolute atomic E-state index is 0.216. The van der Waals surface area contributed by atoms with Gasteiger partial charge in [-0.15, -0.1) is 0 Å². The molecule has 0 aliphatic carbocycles. The van der Waals surface area contributed by atoms with Crippen molar-refractivity contribution in [3.8, 4) is 0 Å². The summed E-state index contributed by atoms with van der Waals surface area (Å²) in [4.78, 5) is 16.3. The third-order valence-electron chi connectivity index (χ3n) is 2.98. The van der Waals surface area contributed by atoms with Crippen molar-refractivity contribution < 1.29 is 4.79 Å². The highest BCUT2D eigenvalue weighted by Gasteiger charge is 2.14. The number of anilines is 1. The summed E-state index contributed by atoms with van der Waals surface area (Å²) in [6, 6.07) is 12.9. The SMILES string of the molecule is Cc1cc(C)nc(NC(=O)[C@@H](N)Cc2ccccc2)c1. The van der Waals surface area contributed by atoms with E-state index >= 15 is 0 Å². The predicted molar refractivity (Wildman–Crippen MR) is 80.5 cm³/mol. The molecule has 0 radical (unpaired) electrons. The number of rotatable bonds is 4. The number of nitrogens with zero attached hydrogens (tertiary/aromatic N) is 1. The molecular formula is C16H19N3O. The van der Waals surface area contributed by atoms with Gasteiger partial charge in [0.05, 0.1) is 6.04 Å². The fourth-order valence-electron chi connectivity index (χ4n) is 2.09. The topological polar surface area (TPSA) is 68.0 Å². The lowest BCUT2D eigenvalue weighted by Gasteiger charge is -2.12. The van der Waals surface area contributed by atoms with Crippen LogP contribution in [0.2, 0.25) is 0 Å². The van der Waals surface area contributed by atoms with Crippen LogP contribution in [0, 0.1) is 13.8 Å². The van der Waals surface area contributed by atoms with Gasteiger partial charge in [0, 0.05) is 5.69 Å². The smallest absolute Gasteiger partial charge is 0.242 e. The normalized spacial score (nSPS) is 11.9. The Hall–Kier alpha value is -2.20. The van der Waals surface area contributed by atoms with E-state index in [1.807, 2.05) is 56.3 Å². The van der Waals surface area contributed by atoms with Crippen LogP contribution in [0.15, 0.2) is 42.5 Å². The summed E-state index contributed by atoms with van der Waals surface area (Å²) >= 11 is 0. The highest BCUT2D eigenvalue weighted by atomic mass is 16.2. The number of aromatic nitrogens is 1. The van der Waals surface area contributed by atoms with Gasteiger partial charge in [-0.3, -0.25) is 4.79 Å². The average molecular weight is 269 g/mol. The van der Waals surface area contributed by atoms with E-state index in [2.05, 4.69) is 10.3 Å².